The van der Waals surface area contributed by atoms with Gasteiger partial charge in [-0.15, -0.1) is 11.3 Å². The number of nitrogens with zero attached hydrogens (tertiary/aromatic N) is 3. The zero-order chi connectivity index (χ0) is 19.2. The summed E-state index contributed by atoms with van der Waals surface area (Å²) in [6, 6.07) is 10.8. The molecule has 2 aromatic carbocycles. The summed E-state index contributed by atoms with van der Waals surface area (Å²) in [7, 11) is 1.96. The molecule has 0 N–H and O–H groups in total. The average molecular weight is 387 g/mol. The quantitative estimate of drug-likeness (QED) is 0.508. The maximum absolute atomic E-state index is 12.9. The molecule has 0 saturated heterocycles. The number of alkyl halides is 3. The van der Waals surface area contributed by atoms with Gasteiger partial charge in [-0.05, 0) is 30.6 Å². The maximum Gasteiger partial charge on any atom is 0.416 e. The van der Waals surface area contributed by atoms with Crippen LogP contribution in [0.25, 0.3) is 21.0 Å². The lowest BCUT2D eigenvalue weighted by molar-refractivity contribution is -0.137. The first kappa shape index (κ1) is 17.7. The lowest BCUT2D eigenvalue weighted by Gasteiger charge is -2.08. The molecular formula is C18H13BF3N3OS. The van der Waals surface area contributed by atoms with Gasteiger partial charge in [0.25, 0.3) is 5.56 Å². The van der Waals surface area contributed by atoms with E-state index < -0.39 is 11.7 Å². The molecule has 0 unspecified atom stereocenters. The lowest BCUT2D eigenvalue weighted by Crippen LogP contribution is -2.25. The van der Waals surface area contributed by atoms with E-state index in [1.165, 1.54) is 22.1 Å². The zero-order valence-electron chi connectivity index (χ0n) is 14.2. The number of benzene rings is 2. The van der Waals surface area contributed by atoms with Gasteiger partial charge in [0, 0.05) is 5.39 Å². The van der Waals surface area contributed by atoms with Crippen LogP contribution in [0.2, 0.25) is 0 Å². The van der Waals surface area contributed by atoms with Crippen molar-refractivity contribution in [3.8, 4) is 0 Å². The summed E-state index contributed by atoms with van der Waals surface area (Å²) >= 11 is 1.26. The van der Waals surface area contributed by atoms with Crippen LogP contribution in [0.1, 0.15) is 16.3 Å². The van der Waals surface area contributed by atoms with Crippen molar-refractivity contribution in [1.82, 2.24) is 14.8 Å². The third-order valence-electron chi connectivity index (χ3n) is 4.32. The van der Waals surface area contributed by atoms with Gasteiger partial charge in [0.15, 0.2) is 0 Å². The van der Waals surface area contributed by atoms with Gasteiger partial charge < -0.3 is 0 Å². The second-order valence-electron chi connectivity index (χ2n) is 6.10. The molecule has 2 heterocycles. The highest BCUT2D eigenvalue weighted by molar-refractivity contribution is 7.18. The Morgan fingerprint density at radius 1 is 1.11 bits per heavy atom. The topological polar surface area (TPSA) is 47.8 Å². The smallest absolute Gasteiger partial charge is 0.267 e. The molecule has 27 heavy (non-hydrogen) atoms. The van der Waals surface area contributed by atoms with Gasteiger partial charge in [0.1, 0.15) is 12.9 Å². The van der Waals surface area contributed by atoms with Crippen molar-refractivity contribution >= 4 is 40.2 Å². The first-order valence-electron chi connectivity index (χ1n) is 8.32. The van der Waals surface area contributed by atoms with Crippen LogP contribution in [0.5, 0.6) is 0 Å². The van der Waals surface area contributed by atoms with Crippen LogP contribution in [0, 0.1) is 0 Å². The summed E-state index contributed by atoms with van der Waals surface area (Å²) in [4.78, 5) is 17.0. The molecule has 0 amide bonds. The third kappa shape index (κ3) is 3.23. The van der Waals surface area contributed by atoms with E-state index >= 15 is 0 Å². The molecule has 0 fully saturated rings. The van der Waals surface area contributed by atoms with Crippen LogP contribution in [0.4, 0.5) is 13.2 Å². The van der Waals surface area contributed by atoms with Crippen molar-refractivity contribution in [2.75, 3.05) is 0 Å². The largest absolute Gasteiger partial charge is 0.416 e. The normalized spacial score (nSPS) is 12.1. The number of thiazole rings is 1. The van der Waals surface area contributed by atoms with Gasteiger partial charge >= 0.3 is 6.18 Å². The third-order valence-corrected chi connectivity index (χ3v) is 5.34. The van der Waals surface area contributed by atoms with E-state index in [0.717, 1.165) is 23.2 Å². The molecule has 136 valence electrons. The Hall–Kier alpha value is -2.68. The Morgan fingerprint density at radius 2 is 1.85 bits per heavy atom. The van der Waals surface area contributed by atoms with Gasteiger partial charge in [0.2, 0.25) is 0 Å². The Bertz CT molecular complexity index is 1220. The molecule has 0 atom stereocenters. The Morgan fingerprint density at radius 3 is 2.56 bits per heavy atom. The second kappa shape index (κ2) is 6.49. The maximum atomic E-state index is 12.9. The molecule has 4 rings (SSSR count). The van der Waals surface area contributed by atoms with Gasteiger partial charge in [0.05, 0.1) is 33.4 Å². The van der Waals surface area contributed by atoms with E-state index in [1.54, 1.807) is 12.1 Å². The Balaban J connectivity index is 1.78. The molecule has 0 aliphatic heterocycles. The summed E-state index contributed by atoms with van der Waals surface area (Å²) in [5.74, 6) is 0. The Kier molecular flexibility index (Phi) is 4.26. The second-order valence-corrected chi connectivity index (χ2v) is 7.21. The van der Waals surface area contributed by atoms with Crippen molar-refractivity contribution in [3.63, 3.8) is 0 Å². The number of rotatable bonds is 3. The van der Waals surface area contributed by atoms with Crippen molar-refractivity contribution in [1.29, 1.82) is 0 Å². The van der Waals surface area contributed by atoms with Gasteiger partial charge in [-0.3, -0.25) is 4.79 Å². The summed E-state index contributed by atoms with van der Waals surface area (Å²) in [5.41, 5.74) is 0.0965. The van der Waals surface area contributed by atoms with Crippen molar-refractivity contribution in [3.05, 3.63) is 69.1 Å². The van der Waals surface area contributed by atoms with Crippen LogP contribution in [0.3, 0.4) is 0 Å². The van der Waals surface area contributed by atoms with E-state index in [1.807, 2.05) is 20.0 Å². The van der Waals surface area contributed by atoms with Gasteiger partial charge in [-0.1, -0.05) is 18.2 Å². The minimum atomic E-state index is -4.41. The minimum Gasteiger partial charge on any atom is -0.267 e. The van der Waals surface area contributed by atoms with Crippen LogP contribution in [-0.4, -0.2) is 22.6 Å². The molecule has 4 nitrogen and oxygen atoms in total. The monoisotopic (exact) mass is 387 g/mol. The van der Waals surface area contributed by atoms with Crippen molar-refractivity contribution in [2.45, 2.75) is 19.0 Å². The molecule has 0 aliphatic rings. The molecule has 0 spiro atoms. The SMILES string of the molecule is BCc1nn(Cc2nc3cc(C(F)(F)F)ccc3s2)c(=O)c2ccccc12. The summed E-state index contributed by atoms with van der Waals surface area (Å²) in [6.45, 7) is 0.122. The number of hydrogen-bond donors (Lipinski definition) is 0. The first-order valence-corrected chi connectivity index (χ1v) is 9.14. The first-order chi connectivity index (χ1) is 12.9. The minimum absolute atomic E-state index is 0.122. The lowest BCUT2D eigenvalue weighted by atomic mass is 9.98. The summed E-state index contributed by atoms with van der Waals surface area (Å²) < 4.78 is 40.6. The van der Waals surface area contributed by atoms with Crippen molar-refractivity contribution in [2.24, 2.45) is 0 Å². The fourth-order valence-corrected chi connectivity index (χ4v) is 3.95. The van der Waals surface area contributed by atoms with Crippen LogP contribution in [-0.2, 0) is 19.0 Å². The number of halogens is 3. The Labute approximate surface area is 156 Å². The summed E-state index contributed by atoms with van der Waals surface area (Å²) in [5, 5.41) is 6.36. The van der Waals surface area contributed by atoms with Crippen LogP contribution in [0.15, 0.2) is 47.3 Å². The molecule has 0 bridgehead atoms. The van der Waals surface area contributed by atoms with Crippen molar-refractivity contribution < 1.29 is 13.2 Å². The molecule has 2 aromatic heterocycles. The fourth-order valence-electron chi connectivity index (χ4n) is 3.02. The van der Waals surface area contributed by atoms with Gasteiger partial charge in [-0.2, -0.15) is 18.3 Å². The molecule has 0 aliphatic carbocycles. The zero-order valence-corrected chi connectivity index (χ0v) is 15.1. The molecular weight excluding hydrogens is 374 g/mol. The highest BCUT2D eigenvalue weighted by Gasteiger charge is 2.30. The summed E-state index contributed by atoms with van der Waals surface area (Å²) in [6.07, 6.45) is -3.75. The highest BCUT2D eigenvalue weighted by atomic mass is 32.1. The average Bonchev–Trinajstić information content (AvgIpc) is 3.05. The van der Waals surface area contributed by atoms with E-state index in [0.29, 0.717) is 21.4 Å². The highest BCUT2D eigenvalue weighted by Crippen LogP contribution is 2.33. The van der Waals surface area contributed by atoms with E-state index in [2.05, 4.69) is 10.1 Å². The van der Waals surface area contributed by atoms with Crippen LogP contribution < -0.4 is 5.56 Å². The van der Waals surface area contributed by atoms with Gasteiger partial charge in [-0.25, -0.2) is 9.67 Å². The van der Waals surface area contributed by atoms with E-state index in [-0.39, 0.29) is 17.6 Å². The van der Waals surface area contributed by atoms with Crippen LogP contribution >= 0.6 is 11.3 Å². The van der Waals surface area contributed by atoms with E-state index in [4.69, 9.17) is 0 Å². The number of hydrogen-bond acceptors (Lipinski definition) is 4. The predicted molar refractivity (Wildman–Crippen MR) is 102 cm³/mol. The number of aromatic nitrogens is 3. The standard InChI is InChI=1S/C18H13BF3N3OS/c19-8-14-11-3-1-2-4-12(11)17(26)25(24-14)9-16-23-13-7-10(18(20,21)22)5-6-15(13)27-16/h1-7H,8-9,19H2. The predicted octanol–water partition coefficient (Wildman–Crippen LogP) is 3.21. The van der Waals surface area contributed by atoms with E-state index in [9.17, 15) is 18.0 Å². The molecule has 9 heteroatoms. The molecule has 0 radical (unpaired) electrons. The number of fused-ring (bicyclic) bond motifs is 2. The molecule has 0 saturated carbocycles. The molecule has 4 aromatic rings. The fraction of sp³-hybridized carbons (Fsp3) is 0.167.